The molecule has 39 heavy (non-hydrogen) atoms. The topological polar surface area (TPSA) is 108 Å². The predicted molar refractivity (Wildman–Crippen MR) is 138 cm³/mol. The SMILES string of the molecule is COC(=O)CN(C)CCn1cccc(Nc2nn(-c3ccc(OC(F)(F)F)cc3)c(=O)c3ccccc23)c1=O. The van der Waals surface area contributed by atoms with Gasteiger partial charge in [0.25, 0.3) is 11.1 Å². The van der Waals surface area contributed by atoms with Crippen molar-refractivity contribution in [2.75, 3.05) is 32.6 Å². The number of ether oxygens (including phenoxy) is 2. The Hall–Kier alpha value is -4.65. The Morgan fingerprint density at radius 2 is 1.69 bits per heavy atom. The summed E-state index contributed by atoms with van der Waals surface area (Å²) in [6, 6.07) is 14.6. The van der Waals surface area contributed by atoms with Gasteiger partial charge in [0.15, 0.2) is 5.82 Å². The van der Waals surface area contributed by atoms with Crippen LogP contribution in [0.25, 0.3) is 16.5 Å². The molecule has 2 aromatic carbocycles. The van der Waals surface area contributed by atoms with Crippen LogP contribution in [-0.2, 0) is 16.1 Å². The Morgan fingerprint density at radius 3 is 2.36 bits per heavy atom. The average Bonchev–Trinajstić information content (AvgIpc) is 2.90. The maximum Gasteiger partial charge on any atom is 0.573 e. The minimum Gasteiger partial charge on any atom is -0.468 e. The van der Waals surface area contributed by atoms with E-state index in [-0.39, 0.29) is 34.7 Å². The Kier molecular flexibility index (Phi) is 8.00. The van der Waals surface area contributed by atoms with Gasteiger partial charge in [0.1, 0.15) is 11.4 Å². The molecule has 0 amide bonds. The molecule has 0 fully saturated rings. The van der Waals surface area contributed by atoms with Crippen molar-refractivity contribution in [3.8, 4) is 11.4 Å². The molecule has 1 N–H and O–H groups in total. The van der Waals surface area contributed by atoms with Crippen molar-refractivity contribution >= 4 is 28.2 Å². The number of hydrogen-bond donors (Lipinski definition) is 1. The molecule has 204 valence electrons. The lowest BCUT2D eigenvalue weighted by atomic mass is 10.2. The predicted octanol–water partition coefficient (Wildman–Crippen LogP) is 3.29. The summed E-state index contributed by atoms with van der Waals surface area (Å²) < 4.78 is 48.6. The number of nitrogens with one attached hydrogen (secondary N) is 1. The van der Waals surface area contributed by atoms with Gasteiger partial charge in [-0.25, -0.2) is 0 Å². The van der Waals surface area contributed by atoms with E-state index in [1.807, 2.05) is 0 Å². The molecule has 2 heterocycles. The molecule has 0 aliphatic heterocycles. The Morgan fingerprint density at radius 1 is 1.00 bits per heavy atom. The van der Waals surface area contributed by atoms with Gasteiger partial charge in [-0.1, -0.05) is 18.2 Å². The summed E-state index contributed by atoms with van der Waals surface area (Å²) in [6.07, 6.45) is -3.24. The van der Waals surface area contributed by atoms with Gasteiger partial charge in [-0.15, -0.1) is 18.3 Å². The number of esters is 1. The number of halogens is 3. The number of nitrogens with zero attached hydrogens (tertiary/aromatic N) is 4. The van der Waals surface area contributed by atoms with Gasteiger partial charge in [-0.3, -0.25) is 19.3 Å². The molecule has 4 aromatic rings. The third-order valence-electron chi connectivity index (χ3n) is 5.74. The lowest BCUT2D eigenvalue weighted by Crippen LogP contribution is -2.32. The van der Waals surface area contributed by atoms with Gasteiger partial charge in [0.05, 0.1) is 24.7 Å². The molecule has 13 heteroatoms. The smallest absolute Gasteiger partial charge is 0.468 e. The van der Waals surface area contributed by atoms with E-state index in [0.717, 1.165) is 16.8 Å². The molecule has 0 spiro atoms. The van der Waals surface area contributed by atoms with E-state index < -0.39 is 23.6 Å². The first-order valence-corrected chi connectivity index (χ1v) is 11.7. The second kappa shape index (κ2) is 11.4. The molecule has 0 saturated carbocycles. The van der Waals surface area contributed by atoms with E-state index >= 15 is 0 Å². The number of aromatic nitrogens is 3. The first kappa shape index (κ1) is 27.4. The first-order valence-electron chi connectivity index (χ1n) is 11.7. The van der Waals surface area contributed by atoms with E-state index in [1.54, 1.807) is 54.5 Å². The normalized spacial score (nSPS) is 11.5. The lowest BCUT2D eigenvalue weighted by Gasteiger charge is -2.17. The number of likely N-dealkylation sites (N-methyl/N-ethyl adjacent to an activating group) is 1. The quantitative estimate of drug-likeness (QED) is 0.321. The van der Waals surface area contributed by atoms with Gasteiger partial charge in [0, 0.05) is 24.7 Å². The van der Waals surface area contributed by atoms with E-state index in [9.17, 15) is 27.6 Å². The third kappa shape index (κ3) is 6.62. The van der Waals surface area contributed by atoms with Gasteiger partial charge < -0.3 is 19.4 Å². The molecular formula is C26H24F3N5O5. The van der Waals surface area contributed by atoms with Crippen LogP contribution in [0.5, 0.6) is 5.75 Å². The van der Waals surface area contributed by atoms with Crippen molar-refractivity contribution in [1.82, 2.24) is 19.2 Å². The number of fused-ring (bicyclic) bond motifs is 1. The van der Waals surface area contributed by atoms with E-state index in [0.29, 0.717) is 18.5 Å². The Balaban J connectivity index is 1.66. The van der Waals surface area contributed by atoms with Crippen LogP contribution in [0.3, 0.4) is 0 Å². The molecule has 0 aliphatic rings. The number of methoxy groups -OCH3 is 1. The molecule has 0 aliphatic carbocycles. The fourth-order valence-corrected chi connectivity index (χ4v) is 3.82. The maximum absolute atomic E-state index is 13.2. The third-order valence-corrected chi connectivity index (χ3v) is 5.74. The van der Waals surface area contributed by atoms with Crippen LogP contribution in [0.15, 0.2) is 76.4 Å². The minimum atomic E-state index is -4.85. The summed E-state index contributed by atoms with van der Waals surface area (Å²) in [4.78, 5) is 39.5. The molecule has 10 nitrogen and oxygen atoms in total. The number of benzene rings is 2. The molecule has 0 saturated heterocycles. The zero-order valence-electron chi connectivity index (χ0n) is 20.9. The number of rotatable bonds is 9. The summed E-state index contributed by atoms with van der Waals surface area (Å²) in [7, 11) is 3.03. The van der Waals surface area contributed by atoms with Gasteiger partial charge in [-0.2, -0.15) is 4.68 Å². The number of alkyl halides is 3. The largest absolute Gasteiger partial charge is 0.573 e. The highest BCUT2D eigenvalue weighted by atomic mass is 19.4. The van der Waals surface area contributed by atoms with Gasteiger partial charge >= 0.3 is 12.3 Å². The minimum absolute atomic E-state index is 0.0734. The summed E-state index contributed by atoms with van der Waals surface area (Å²) in [5.74, 6) is -0.644. The van der Waals surface area contributed by atoms with Crippen LogP contribution in [0.2, 0.25) is 0 Å². The molecule has 2 aromatic heterocycles. The molecule has 0 radical (unpaired) electrons. The Labute approximate surface area is 219 Å². The number of carbonyl (C=O) groups excluding carboxylic acids is 1. The van der Waals surface area contributed by atoms with Crippen LogP contribution in [0.4, 0.5) is 24.7 Å². The number of pyridine rings is 1. The van der Waals surface area contributed by atoms with E-state index in [2.05, 4.69) is 19.9 Å². The van der Waals surface area contributed by atoms with Crippen molar-refractivity contribution in [3.63, 3.8) is 0 Å². The summed E-state index contributed by atoms with van der Waals surface area (Å²) >= 11 is 0. The zero-order valence-corrected chi connectivity index (χ0v) is 20.9. The van der Waals surface area contributed by atoms with E-state index in [4.69, 9.17) is 0 Å². The fourth-order valence-electron chi connectivity index (χ4n) is 3.82. The van der Waals surface area contributed by atoms with Gasteiger partial charge in [0.2, 0.25) is 0 Å². The highest BCUT2D eigenvalue weighted by molar-refractivity contribution is 5.92. The average molecular weight is 544 g/mol. The maximum atomic E-state index is 13.2. The summed E-state index contributed by atoms with van der Waals surface area (Å²) in [5.41, 5.74) is -0.478. The van der Waals surface area contributed by atoms with Crippen LogP contribution >= 0.6 is 0 Å². The second-order valence-electron chi connectivity index (χ2n) is 8.51. The van der Waals surface area contributed by atoms with Crippen LogP contribution < -0.4 is 21.2 Å². The molecule has 0 unspecified atom stereocenters. The van der Waals surface area contributed by atoms with Gasteiger partial charge in [-0.05, 0) is 49.5 Å². The van der Waals surface area contributed by atoms with Crippen molar-refractivity contribution in [1.29, 1.82) is 0 Å². The standard InChI is InChI=1S/C26H24F3N5O5/c1-32(16-22(35)38-2)14-15-33-13-5-8-21(25(33)37)30-23-19-6-3-4-7-20(19)24(36)34(31-23)17-9-11-18(12-10-17)39-26(27,28)29/h3-13H,14-16H2,1-2H3,(H,30,31). The van der Waals surface area contributed by atoms with Crippen molar-refractivity contribution in [2.24, 2.45) is 0 Å². The number of hydrogen-bond acceptors (Lipinski definition) is 8. The van der Waals surface area contributed by atoms with Crippen LogP contribution in [0, 0.1) is 0 Å². The first-order chi connectivity index (χ1) is 18.6. The highest BCUT2D eigenvalue weighted by Gasteiger charge is 2.31. The summed E-state index contributed by atoms with van der Waals surface area (Å²) in [6.45, 7) is 0.768. The van der Waals surface area contributed by atoms with Crippen LogP contribution in [0.1, 0.15) is 0 Å². The molecule has 0 bridgehead atoms. The second-order valence-corrected chi connectivity index (χ2v) is 8.51. The van der Waals surface area contributed by atoms with Crippen LogP contribution in [-0.4, -0.2) is 58.8 Å². The van der Waals surface area contributed by atoms with E-state index in [1.165, 1.54) is 23.8 Å². The van der Waals surface area contributed by atoms with Crippen molar-refractivity contribution in [2.45, 2.75) is 12.9 Å². The fraction of sp³-hybridized carbons (Fsp3) is 0.231. The van der Waals surface area contributed by atoms with Crippen molar-refractivity contribution < 1.29 is 27.4 Å². The zero-order chi connectivity index (χ0) is 28.2. The molecular weight excluding hydrogens is 519 g/mol. The molecule has 0 atom stereocenters. The summed E-state index contributed by atoms with van der Waals surface area (Å²) in [5, 5.41) is 8.11. The monoisotopic (exact) mass is 543 g/mol. The Bertz CT molecular complexity index is 1600. The lowest BCUT2D eigenvalue weighted by molar-refractivity contribution is -0.274. The highest BCUT2D eigenvalue weighted by Crippen LogP contribution is 2.25. The number of carbonyl (C=O) groups is 1. The molecule has 4 rings (SSSR count). The van der Waals surface area contributed by atoms with Crippen molar-refractivity contribution in [3.05, 3.63) is 87.6 Å². The number of anilines is 2.